The van der Waals surface area contributed by atoms with Crippen molar-refractivity contribution in [2.24, 2.45) is 0 Å². The third-order valence-electron chi connectivity index (χ3n) is 0. The van der Waals surface area contributed by atoms with Crippen LogP contribution in [0.1, 0.15) is 6.92 Å². The molecule has 0 bridgehead atoms. The second-order valence-electron chi connectivity index (χ2n) is 0.868. The van der Waals surface area contributed by atoms with E-state index in [1.165, 1.54) is 0 Å². The van der Waals surface area contributed by atoms with Crippen LogP contribution in [0.25, 0.3) is 0 Å². The molecule has 0 radical (unpaired) electrons. The van der Waals surface area contributed by atoms with Gasteiger partial charge in [0, 0.05) is 6.92 Å². The summed E-state index contributed by atoms with van der Waals surface area (Å²) in [6.45, 7) is 1.08. The van der Waals surface area contributed by atoms with E-state index in [0.29, 0.717) is 0 Å². The average molecular weight is 188 g/mol. The standard InChI is InChI=1S/C2H4O2.CH2O3.CO2.Na/c1-2(3)4;2-1(3)4;2-1-3;/h1H3,(H,3,4);(H2,2,3,4);;/q;;;+1/p-1. The summed E-state index contributed by atoms with van der Waals surface area (Å²) in [6.07, 6.45) is -1.83. The minimum atomic E-state index is -2.08. The van der Waals surface area contributed by atoms with Crippen LogP contribution in [0.2, 0.25) is 0 Å². The maximum Gasteiger partial charge on any atom is 1.00 e. The van der Waals surface area contributed by atoms with Crippen LogP contribution < -0.4 is 34.7 Å². The summed E-state index contributed by atoms with van der Waals surface area (Å²) >= 11 is 0. The summed E-state index contributed by atoms with van der Waals surface area (Å²) in [4.78, 5) is 33.7. The normalized spacial score (nSPS) is 4.75. The van der Waals surface area contributed by atoms with Crippen LogP contribution in [0.15, 0.2) is 0 Å². The number of hydrogen-bond acceptors (Lipinski definition) is 5. The van der Waals surface area contributed by atoms with Gasteiger partial charge in [0.25, 0.3) is 5.97 Å². The van der Waals surface area contributed by atoms with Crippen LogP contribution in [-0.2, 0) is 14.4 Å². The van der Waals surface area contributed by atoms with Crippen molar-refractivity contribution in [3.05, 3.63) is 0 Å². The first kappa shape index (κ1) is 22.5. The Bertz CT molecular complexity index is 127. The molecule has 64 valence electrons. The molecule has 0 amide bonds. The molecule has 7 nitrogen and oxygen atoms in total. The molecule has 0 saturated heterocycles. The van der Waals surface area contributed by atoms with Crippen molar-refractivity contribution in [2.75, 3.05) is 0 Å². The molecular formula is C4H5NaO7. The van der Waals surface area contributed by atoms with E-state index in [2.05, 4.69) is 0 Å². The van der Waals surface area contributed by atoms with Crippen LogP contribution in [0.3, 0.4) is 0 Å². The third-order valence-corrected chi connectivity index (χ3v) is 0. The Kier molecular flexibility index (Phi) is 42.1. The van der Waals surface area contributed by atoms with Crippen molar-refractivity contribution in [1.82, 2.24) is 0 Å². The predicted molar refractivity (Wildman–Crippen MR) is 26.3 cm³/mol. The van der Waals surface area contributed by atoms with Gasteiger partial charge in [-0.25, -0.2) is 0 Å². The number of carboxylic acids is 1. The average Bonchev–Trinajstić information content (AvgIpc) is 1.60. The summed E-state index contributed by atoms with van der Waals surface area (Å²) in [6, 6.07) is 0. The zero-order chi connectivity index (χ0) is 9.86. The van der Waals surface area contributed by atoms with E-state index in [1.807, 2.05) is 0 Å². The monoisotopic (exact) mass is 188 g/mol. The second-order valence-corrected chi connectivity index (χ2v) is 0.868. The fourth-order valence-corrected chi connectivity index (χ4v) is 0. The summed E-state index contributed by atoms with van der Waals surface area (Å²) < 4.78 is 0. The molecule has 0 saturated carbocycles. The minimum Gasteiger partial charge on any atom is -0.565 e. The Balaban J connectivity index is -0.0000000389. The summed E-state index contributed by atoms with van der Waals surface area (Å²) in [5.74, 6) is -0.833. The Morgan fingerprint density at radius 3 is 1.25 bits per heavy atom. The van der Waals surface area contributed by atoms with E-state index in [9.17, 15) is 0 Å². The Labute approximate surface area is 89.3 Å². The molecule has 0 unspecified atom stereocenters. The summed E-state index contributed by atoms with van der Waals surface area (Å²) in [5, 5.41) is 22.7. The molecule has 8 heteroatoms. The van der Waals surface area contributed by atoms with Crippen LogP contribution in [-0.4, -0.2) is 28.5 Å². The van der Waals surface area contributed by atoms with E-state index in [4.69, 9.17) is 34.5 Å². The van der Waals surface area contributed by atoms with Crippen LogP contribution >= 0.6 is 0 Å². The van der Waals surface area contributed by atoms with Gasteiger partial charge in [-0.3, -0.25) is 4.79 Å². The fraction of sp³-hybridized carbons (Fsp3) is 0.250. The van der Waals surface area contributed by atoms with Gasteiger partial charge in [0.05, 0.1) is 0 Å². The molecule has 0 aromatic heterocycles. The molecule has 0 aromatic carbocycles. The Morgan fingerprint density at radius 1 is 1.25 bits per heavy atom. The zero-order valence-corrected chi connectivity index (χ0v) is 8.44. The zero-order valence-electron chi connectivity index (χ0n) is 6.44. The molecule has 0 aromatic rings. The number of hydrogen-bond donors (Lipinski definition) is 2. The maximum atomic E-state index is 9.00. The first-order chi connectivity index (χ1) is 4.88. The second kappa shape index (κ2) is 22.5. The number of carbonyl (C=O) groups is 2. The van der Waals surface area contributed by atoms with Crippen molar-refractivity contribution in [3.63, 3.8) is 0 Å². The van der Waals surface area contributed by atoms with E-state index >= 15 is 0 Å². The van der Waals surface area contributed by atoms with E-state index in [0.717, 1.165) is 6.92 Å². The van der Waals surface area contributed by atoms with Gasteiger partial charge in [0.2, 0.25) is 6.16 Å². The van der Waals surface area contributed by atoms with Gasteiger partial charge < -0.3 is 20.1 Å². The quantitative estimate of drug-likeness (QED) is 0.365. The molecule has 0 atom stereocenters. The molecule has 0 fully saturated rings. The first-order valence-electron chi connectivity index (χ1n) is 1.97. The summed E-state index contributed by atoms with van der Waals surface area (Å²) in [5.41, 5.74) is 0. The molecule has 0 aliphatic carbocycles. The van der Waals surface area contributed by atoms with E-state index in [-0.39, 0.29) is 35.7 Å². The smallest absolute Gasteiger partial charge is 0.565 e. The Hall–Kier alpha value is -0.880. The first-order valence-corrected chi connectivity index (χ1v) is 1.97. The molecule has 12 heavy (non-hydrogen) atoms. The van der Waals surface area contributed by atoms with Gasteiger partial charge in [-0.05, 0) is 0 Å². The number of rotatable bonds is 0. The number of carbonyl (C=O) groups excluding carboxylic acids is 2. The van der Waals surface area contributed by atoms with Crippen molar-refractivity contribution in [2.45, 2.75) is 6.92 Å². The van der Waals surface area contributed by atoms with Crippen LogP contribution in [0.5, 0.6) is 0 Å². The molecule has 0 aliphatic rings. The third kappa shape index (κ3) is 777. The van der Waals surface area contributed by atoms with Crippen LogP contribution in [0.4, 0.5) is 4.79 Å². The van der Waals surface area contributed by atoms with Crippen molar-refractivity contribution in [3.8, 4) is 0 Å². The molecule has 2 N–H and O–H groups in total. The SMILES string of the molecule is CC(=O)O.O=C([O-])O.O=C=O.[Na+]. The van der Waals surface area contributed by atoms with E-state index in [1.54, 1.807) is 0 Å². The van der Waals surface area contributed by atoms with Gasteiger partial charge in [-0.2, -0.15) is 9.59 Å². The fourth-order valence-electron chi connectivity index (χ4n) is 0. The van der Waals surface area contributed by atoms with Crippen molar-refractivity contribution < 1.29 is 64.1 Å². The van der Waals surface area contributed by atoms with Gasteiger partial charge >= 0.3 is 35.7 Å². The minimum absolute atomic E-state index is 0. The van der Waals surface area contributed by atoms with Crippen LogP contribution in [0, 0.1) is 0 Å². The maximum absolute atomic E-state index is 9.00. The van der Waals surface area contributed by atoms with Gasteiger partial charge in [-0.1, -0.05) is 0 Å². The molecular weight excluding hydrogens is 183 g/mol. The molecule has 0 heterocycles. The molecule has 0 aliphatic heterocycles. The molecule has 0 spiro atoms. The number of aliphatic carboxylic acids is 1. The van der Waals surface area contributed by atoms with Gasteiger partial charge in [0.1, 0.15) is 0 Å². The number of carboxylic acid groups (broad SMARTS) is 3. The summed E-state index contributed by atoms with van der Waals surface area (Å²) in [7, 11) is 0. The van der Waals surface area contributed by atoms with Crippen molar-refractivity contribution >= 4 is 18.3 Å². The predicted octanol–water partition coefficient (Wildman–Crippen LogP) is -4.60. The topological polar surface area (TPSA) is 132 Å². The van der Waals surface area contributed by atoms with E-state index < -0.39 is 12.1 Å². The Morgan fingerprint density at radius 2 is 1.25 bits per heavy atom. The van der Waals surface area contributed by atoms with Gasteiger partial charge in [-0.15, -0.1) is 0 Å². The largest absolute Gasteiger partial charge is 1.00 e. The molecule has 0 rings (SSSR count). The van der Waals surface area contributed by atoms with Gasteiger partial charge in [0.15, 0.2) is 0 Å². The van der Waals surface area contributed by atoms with Crippen molar-refractivity contribution in [1.29, 1.82) is 0 Å².